The molecule has 0 atom stereocenters. The van der Waals surface area contributed by atoms with Gasteiger partial charge in [-0.15, -0.1) is 5.10 Å². The fraction of sp³-hybridized carbons (Fsp3) is 0.300. The van der Waals surface area contributed by atoms with Gasteiger partial charge in [-0.05, 0) is 16.0 Å². The zero-order valence-electron chi connectivity index (χ0n) is 8.28. The van der Waals surface area contributed by atoms with E-state index in [9.17, 15) is 0 Å². The van der Waals surface area contributed by atoms with Crippen LogP contribution in [-0.4, -0.2) is 26.8 Å². The molecule has 5 nitrogen and oxygen atoms in total. The minimum absolute atomic E-state index is 0.611. The lowest BCUT2D eigenvalue weighted by Gasteiger charge is -2.03. The smallest absolute Gasteiger partial charge is 0.138 e. The largest absolute Gasteiger partial charge is 0.375 e. The lowest BCUT2D eigenvalue weighted by Crippen LogP contribution is -2.06. The third-order valence-electron chi connectivity index (χ3n) is 1.97. The third-order valence-corrected chi connectivity index (χ3v) is 1.97. The van der Waals surface area contributed by atoms with E-state index in [1.165, 1.54) is 5.56 Å². The average molecular weight is 204 g/mol. The van der Waals surface area contributed by atoms with Gasteiger partial charge < -0.3 is 4.74 Å². The molecule has 0 saturated carbocycles. The zero-order valence-corrected chi connectivity index (χ0v) is 8.28. The molecular weight excluding hydrogens is 192 g/mol. The maximum atomic E-state index is 5.48. The van der Waals surface area contributed by atoms with Crippen LogP contribution in [0.5, 0.6) is 0 Å². The number of rotatable bonds is 5. The Morgan fingerprint density at radius 1 is 1.20 bits per heavy atom. The molecule has 1 aromatic heterocycles. The molecule has 15 heavy (non-hydrogen) atoms. The quantitative estimate of drug-likeness (QED) is 0.679. The van der Waals surface area contributed by atoms with Gasteiger partial charge in [0, 0.05) is 0 Å². The number of tetrazole rings is 1. The average Bonchev–Trinajstić information content (AvgIpc) is 2.79. The van der Waals surface area contributed by atoms with Gasteiger partial charge in [-0.3, -0.25) is 0 Å². The highest BCUT2D eigenvalue weighted by Gasteiger charge is 1.94. The van der Waals surface area contributed by atoms with E-state index < -0.39 is 0 Å². The van der Waals surface area contributed by atoms with Gasteiger partial charge in [0.1, 0.15) is 6.33 Å². The first-order valence-corrected chi connectivity index (χ1v) is 4.77. The summed E-state index contributed by atoms with van der Waals surface area (Å²) in [6.07, 6.45) is 1.58. The van der Waals surface area contributed by atoms with Gasteiger partial charge in [0.15, 0.2) is 0 Å². The Morgan fingerprint density at radius 3 is 2.80 bits per heavy atom. The van der Waals surface area contributed by atoms with Gasteiger partial charge in [0.25, 0.3) is 0 Å². The third kappa shape index (κ3) is 3.14. The fourth-order valence-corrected chi connectivity index (χ4v) is 1.21. The molecule has 0 fully saturated rings. The lowest BCUT2D eigenvalue weighted by molar-refractivity contribution is 0.110. The Balaban J connectivity index is 1.68. The summed E-state index contributed by atoms with van der Waals surface area (Å²) < 4.78 is 7.12. The second kappa shape index (κ2) is 5.21. The summed E-state index contributed by atoms with van der Waals surface area (Å²) in [5, 5.41) is 10.8. The topological polar surface area (TPSA) is 52.8 Å². The zero-order chi connectivity index (χ0) is 10.3. The summed E-state index contributed by atoms with van der Waals surface area (Å²) in [7, 11) is 0. The van der Waals surface area contributed by atoms with E-state index in [4.69, 9.17) is 4.74 Å². The molecule has 0 radical (unpaired) electrons. The molecular formula is C10H12N4O. The van der Waals surface area contributed by atoms with Gasteiger partial charge in [-0.2, -0.15) is 0 Å². The molecule has 0 amide bonds. The fourth-order valence-electron chi connectivity index (χ4n) is 1.21. The molecule has 1 aromatic carbocycles. The van der Waals surface area contributed by atoms with Crippen LogP contribution in [0.2, 0.25) is 0 Å². The molecule has 2 rings (SSSR count). The second-order valence-electron chi connectivity index (χ2n) is 3.11. The number of aromatic nitrogens is 4. The van der Waals surface area contributed by atoms with Gasteiger partial charge in [-0.25, -0.2) is 4.68 Å². The molecule has 0 spiro atoms. The Hall–Kier alpha value is -1.75. The SMILES string of the molecule is c1ccc(COCCn2cnnn2)cc1. The highest BCUT2D eigenvalue weighted by Crippen LogP contribution is 2.00. The standard InChI is InChI=1S/C10H12N4O/c1-2-4-10(5-3-1)8-15-7-6-14-9-11-12-13-14/h1-5,9H,6-8H2. The van der Waals surface area contributed by atoms with E-state index in [1.807, 2.05) is 30.3 Å². The molecule has 0 bridgehead atoms. The van der Waals surface area contributed by atoms with Crippen LogP contribution < -0.4 is 0 Å². The number of hydrogen-bond donors (Lipinski definition) is 0. The molecule has 78 valence electrons. The van der Waals surface area contributed by atoms with Crippen molar-refractivity contribution in [1.29, 1.82) is 0 Å². The Labute approximate surface area is 87.7 Å². The van der Waals surface area contributed by atoms with Gasteiger partial charge in [-0.1, -0.05) is 30.3 Å². The van der Waals surface area contributed by atoms with Crippen LogP contribution in [0.15, 0.2) is 36.7 Å². The molecule has 5 heteroatoms. The summed E-state index contributed by atoms with van der Waals surface area (Å²) in [5.74, 6) is 0. The number of nitrogens with zero attached hydrogens (tertiary/aromatic N) is 4. The van der Waals surface area contributed by atoms with Crippen molar-refractivity contribution in [3.63, 3.8) is 0 Å². The van der Waals surface area contributed by atoms with Crippen molar-refractivity contribution in [2.24, 2.45) is 0 Å². The van der Waals surface area contributed by atoms with Crippen LogP contribution in [0.4, 0.5) is 0 Å². The van der Waals surface area contributed by atoms with E-state index in [0.29, 0.717) is 19.8 Å². The van der Waals surface area contributed by atoms with Crippen LogP contribution >= 0.6 is 0 Å². The van der Waals surface area contributed by atoms with Gasteiger partial charge >= 0.3 is 0 Å². The van der Waals surface area contributed by atoms with Crippen LogP contribution in [0, 0.1) is 0 Å². The molecule has 1 heterocycles. The van der Waals surface area contributed by atoms with Crippen molar-refractivity contribution in [3.05, 3.63) is 42.2 Å². The summed E-state index contributed by atoms with van der Waals surface area (Å²) >= 11 is 0. The van der Waals surface area contributed by atoms with Gasteiger partial charge in [0.05, 0.1) is 19.8 Å². The van der Waals surface area contributed by atoms with Crippen molar-refractivity contribution >= 4 is 0 Å². The lowest BCUT2D eigenvalue weighted by atomic mass is 10.2. The molecule has 0 aliphatic carbocycles. The van der Waals surface area contributed by atoms with Crippen molar-refractivity contribution < 1.29 is 4.74 Å². The van der Waals surface area contributed by atoms with E-state index >= 15 is 0 Å². The van der Waals surface area contributed by atoms with Crippen LogP contribution in [0.25, 0.3) is 0 Å². The van der Waals surface area contributed by atoms with E-state index in [-0.39, 0.29) is 0 Å². The Bertz CT molecular complexity index is 374. The molecule has 0 saturated heterocycles. The minimum atomic E-state index is 0.611. The normalized spacial score (nSPS) is 10.4. The minimum Gasteiger partial charge on any atom is -0.375 e. The summed E-state index contributed by atoms with van der Waals surface area (Å²) in [6, 6.07) is 10.1. The second-order valence-corrected chi connectivity index (χ2v) is 3.11. The molecule has 2 aromatic rings. The van der Waals surface area contributed by atoms with Crippen molar-refractivity contribution in [3.8, 4) is 0 Å². The van der Waals surface area contributed by atoms with E-state index in [1.54, 1.807) is 11.0 Å². The highest BCUT2D eigenvalue weighted by atomic mass is 16.5. The first kappa shape index (κ1) is 9.79. The van der Waals surface area contributed by atoms with Crippen molar-refractivity contribution in [2.75, 3.05) is 6.61 Å². The first-order chi connectivity index (χ1) is 7.45. The van der Waals surface area contributed by atoms with Crippen molar-refractivity contribution in [2.45, 2.75) is 13.2 Å². The number of benzene rings is 1. The highest BCUT2D eigenvalue weighted by molar-refractivity contribution is 5.13. The summed E-state index contributed by atoms with van der Waals surface area (Å²) in [6.45, 7) is 1.92. The maximum absolute atomic E-state index is 5.48. The molecule has 0 N–H and O–H groups in total. The van der Waals surface area contributed by atoms with Gasteiger partial charge in [0.2, 0.25) is 0 Å². The number of ether oxygens (including phenoxy) is 1. The van der Waals surface area contributed by atoms with Crippen LogP contribution in [0.3, 0.4) is 0 Å². The molecule has 0 unspecified atom stereocenters. The monoisotopic (exact) mass is 204 g/mol. The molecule has 0 aliphatic heterocycles. The number of hydrogen-bond acceptors (Lipinski definition) is 4. The Morgan fingerprint density at radius 2 is 2.07 bits per heavy atom. The van der Waals surface area contributed by atoms with Crippen LogP contribution in [-0.2, 0) is 17.9 Å². The Kier molecular flexibility index (Phi) is 3.40. The maximum Gasteiger partial charge on any atom is 0.138 e. The predicted octanol–water partition coefficient (Wildman–Crippen LogP) is 0.890. The van der Waals surface area contributed by atoms with E-state index in [2.05, 4.69) is 15.5 Å². The predicted molar refractivity (Wildman–Crippen MR) is 53.9 cm³/mol. The van der Waals surface area contributed by atoms with E-state index in [0.717, 1.165) is 0 Å². The summed E-state index contributed by atoms with van der Waals surface area (Å²) in [5.41, 5.74) is 1.18. The first-order valence-electron chi connectivity index (χ1n) is 4.77. The van der Waals surface area contributed by atoms with Crippen LogP contribution in [0.1, 0.15) is 5.56 Å². The van der Waals surface area contributed by atoms with Crippen molar-refractivity contribution in [1.82, 2.24) is 20.2 Å². The summed E-state index contributed by atoms with van der Waals surface area (Å²) in [4.78, 5) is 0. The molecule has 0 aliphatic rings.